The molecular weight excluding hydrogens is 243 g/mol. The standard InChI is InChI=1S/C9H14F3NO4/c1-4-7(14)5(3-6(16-2)17-4)13-8(15)9(10,11)12/h4-7,14H,3H2,1-2H3,(H,13,15). The Hall–Kier alpha value is -0.860. The van der Waals surface area contributed by atoms with Gasteiger partial charge >= 0.3 is 12.1 Å². The molecule has 1 aliphatic rings. The molecule has 100 valence electrons. The fourth-order valence-electron chi connectivity index (χ4n) is 1.60. The van der Waals surface area contributed by atoms with Crippen molar-refractivity contribution >= 4 is 5.91 Å². The molecule has 0 saturated carbocycles. The van der Waals surface area contributed by atoms with Gasteiger partial charge in [-0.25, -0.2) is 0 Å². The number of methoxy groups -OCH3 is 1. The zero-order valence-corrected chi connectivity index (χ0v) is 9.32. The third-order valence-electron chi connectivity index (χ3n) is 2.54. The third kappa shape index (κ3) is 3.55. The van der Waals surface area contributed by atoms with E-state index in [2.05, 4.69) is 0 Å². The van der Waals surface area contributed by atoms with Crippen LogP contribution in [0.3, 0.4) is 0 Å². The number of halogens is 3. The molecule has 5 nitrogen and oxygen atoms in total. The van der Waals surface area contributed by atoms with Gasteiger partial charge in [0.25, 0.3) is 0 Å². The number of rotatable bonds is 2. The number of nitrogens with one attached hydrogen (secondary N) is 1. The van der Waals surface area contributed by atoms with Crippen LogP contribution in [0.25, 0.3) is 0 Å². The zero-order valence-electron chi connectivity index (χ0n) is 9.32. The zero-order chi connectivity index (χ0) is 13.2. The Kier molecular flexibility index (Phi) is 4.34. The van der Waals surface area contributed by atoms with Crippen LogP contribution in [0.15, 0.2) is 0 Å². The summed E-state index contributed by atoms with van der Waals surface area (Å²) in [5.74, 6) is -2.08. The second kappa shape index (κ2) is 5.19. The van der Waals surface area contributed by atoms with Crippen molar-refractivity contribution in [3.63, 3.8) is 0 Å². The first kappa shape index (κ1) is 14.2. The summed E-state index contributed by atoms with van der Waals surface area (Å²) in [5, 5.41) is 11.3. The molecule has 4 atom stereocenters. The molecule has 8 heteroatoms. The maximum Gasteiger partial charge on any atom is 0.471 e. The van der Waals surface area contributed by atoms with Crippen molar-refractivity contribution in [3.8, 4) is 0 Å². The molecule has 0 aliphatic carbocycles. The Bertz CT molecular complexity index is 284. The summed E-state index contributed by atoms with van der Waals surface area (Å²) in [6, 6.07) is -1.04. The molecule has 0 radical (unpaired) electrons. The van der Waals surface area contributed by atoms with Gasteiger partial charge in [-0.2, -0.15) is 13.2 Å². The molecule has 0 spiro atoms. The first-order valence-electron chi connectivity index (χ1n) is 4.99. The molecule has 0 aromatic rings. The maximum absolute atomic E-state index is 12.1. The van der Waals surface area contributed by atoms with Crippen molar-refractivity contribution in [2.75, 3.05) is 7.11 Å². The van der Waals surface area contributed by atoms with Gasteiger partial charge in [-0.15, -0.1) is 0 Å². The lowest BCUT2D eigenvalue weighted by molar-refractivity contribution is -0.218. The molecular formula is C9H14F3NO4. The molecule has 1 saturated heterocycles. The van der Waals surface area contributed by atoms with E-state index in [4.69, 9.17) is 9.47 Å². The minimum atomic E-state index is -4.97. The van der Waals surface area contributed by atoms with E-state index in [-0.39, 0.29) is 6.42 Å². The van der Waals surface area contributed by atoms with E-state index < -0.39 is 36.6 Å². The number of carbonyl (C=O) groups is 1. The Morgan fingerprint density at radius 2 is 2.12 bits per heavy atom. The predicted octanol–water partition coefficient (Wildman–Crippen LogP) is 0.176. The lowest BCUT2D eigenvalue weighted by Crippen LogP contribution is -2.57. The fraction of sp³-hybridized carbons (Fsp3) is 0.889. The highest BCUT2D eigenvalue weighted by molar-refractivity contribution is 5.82. The maximum atomic E-state index is 12.1. The number of aliphatic hydroxyl groups is 1. The predicted molar refractivity (Wildman–Crippen MR) is 50.0 cm³/mol. The van der Waals surface area contributed by atoms with E-state index in [0.29, 0.717) is 0 Å². The largest absolute Gasteiger partial charge is 0.471 e. The highest BCUT2D eigenvalue weighted by Gasteiger charge is 2.43. The summed E-state index contributed by atoms with van der Waals surface area (Å²) >= 11 is 0. The first-order valence-corrected chi connectivity index (χ1v) is 4.99. The molecule has 1 rings (SSSR count). The highest BCUT2D eigenvalue weighted by Crippen LogP contribution is 2.22. The number of hydrogen-bond acceptors (Lipinski definition) is 4. The van der Waals surface area contributed by atoms with Gasteiger partial charge in [0.1, 0.15) is 6.10 Å². The Balaban J connectivity index is 2.65. The monoisotopic (exact) mass is 257 g/mol. The van der Waals surface area contributed by atoms with Crippen LogP contribution in [0, 0.1) is 0 Å². The van der Waals surface area contributed by atoms with Crippen molar-refractivity contribution in [3.05, 3.63) is 0 Å². The number of amides is 1. The number of carbonyl (C=O) groups excluding carboxylic acids is 1. The molecule has 4 unspecified atom stereocenters. The number of alkyl halides is 3. The van der Waals surface area contributed by atoms with Crippen molar-refractivity contribution in [1.29, 1.82) is 0 Å². The molecule has 1 amide bonds. The van der Waals surface area contributed by atoms with Gasteiger partial charge in [0.15, 0.2) is 6.29 Å². The fourth-order valence-corrected chi connectivity index (χ4v) is 1.60. The van der Waals surface area contributed by atoms with E-state index in [1.807, 2.05) is 0 Å². The van der Waals surface area contributed by atoms with Gasteiger partial charge in [0.2, 0.25) is 0 Å². The van der Waals surface area contributed by atoms with E-state index in [1.165, 1.54) is 14.0 Å². The molecule has 1 fully saturated rings. The summed E-state index contributed by atoms with van der Waals surface area (Å²) in [6.45, 7) is 1.49. The topological polar surface area (TPSA) is 67.8 Å². The molecule has 2 N–H and O–H groups in total. The van der Waals surface area contributed by atoms with E-state index in [9.17, 15) is 23.1 Å². The Labute approximate surface area is 95.9 Å². The van der Waals surface area contributed by atoms with Crippen molar-refractivity contribution < 1.29 is 32.5 Å². The van der Waals surface area contributed by atoms with Crippen LogP contribution in [0.2, 0.25) is 0 Å². The first-order chi connectivity index (χ1) is 7.75. The lowest BCUT2D eigenvalue weighted by atomic mass is 9.99. The van der Waals surface area contributed by atoms with Crippen LogP contribution in [0.1, 0.15) is 13.3 Å². The Morgan fingerprint density at radius 1 is 1.53 bits per heavy atom. The SMILES string of the molecule is COC1CC(NC(=O)C(F)(F)F)C(O)C(C)O1. The molecule has 0 bridgehead atoms. The van der Waals surface area contributed by atoms with Crippen LogP contribution in [-0.2, 0) is 14.3 Å². The van der Waals surface area contributed by atoms with Crippen LogP contribution in [0.5, 0.6) is 0 Å². The summed E-state index contributed by atoms with van der Waals surface area (Å²) in [5.41, 5.74) is 0. The normalized spacial score (nSPS) is 34.5. The molecule has 1 heterocycles. The minimum Gasteiger partial charge on any atom is -0.388 e. The third-order valence-corrected chi connectivity index (χ3v) is 2.54. The van der Waals surface area contributed by atoms with Crippen LogP contribution in [-0.4, -0.2) is 48.8 Å². The second-order valence-corrected chi connectivity index (χ2v) is 3.81. The van der Waals surface area contributed by atoms with Gasteiger partial charge in [-0.3, -0.25) is 4.79 Å². The average molecular weight is 257 g/mol. The van der Waals surface area contributed by atoms with Crippen LogP contribution < -0.4 is 5.32 Å². The van der Waals surface area contributed by atoms with Gasteiger partial charge in [-0.1, -0.05) is 0 Å². The van der Waals surface area contributed by atoms with Gasteiger partial charge in [0.05, 0.1) is 12.1 Å². The minimum absolute atomic E-state index is 0.0379. The summed E-state index contributed by atoms with van der Waals surface area (Å²) < 4.78 is 46.1. The second-order valence-electron chi connectivity index (χ2n) is 3.81. The van der Waals surface area contributed by atoms with Crippen molar-refractivity contribution in [1.82, 2.24) is 5.32 Å². The van der Waals surface area contributed by atoms with Crippen molar-refractivity contribution in [2.45, 2.75) is 44.1 Å². The van der Waals surface area contributed by atoms with Crippen LogP contribution in [0.4, 0.5) is 13.2 Å². The summed E-state index contributed by atoms with van der Waals surface area (Å²) in [4.78, 5) is 10.8. The highest BCUT2D eigenvalue weighted by atomic mass is 19.4. The average Bonchev–Trinajstić information content (AvgIpc) is 2.22. The van der Waals surface area contributed by atoms with Gasteiger partial charge in [-0.05, 0) is 6.92 Å². The number of ether oxygens (including phenoxy) is 2. The molecule has 0 aromatic heterocycles. The number of aliphatic hydroxyl groups excluding tert-OH is 1. The van der Waals surface area contributed by atoms with E-state index in [1.54, 1.807) is 5.32 Å². The number of hydrogen-bond donors (Lipinski definition) is 2. The molecule has 0 aromatic carbocycles. The summed E-state index contributed by atoms with van der Waals surface area (Å²) in [7, 11) is 1.33. The van der Waals surface area contributed by atoms with E-state index in [0.717, 1.165) is 0 Å². The van der Waals surface area contributed by atoms with Gasteiger partial charge < -0.3 is 19.9 Å². The smallest absolute Gasteiger partial charge is 0.388 e. The van der Waals surface area contributed by atoms with Crippen LogP contribution >= 0.6 is 0 Å². The quantitative estimate of drug-likeness (QED) is 0.740. The van der Waals surface area contributed by atoms with E-state index >= 15 is 0 Å². The molecule has 17 heavy (non-hydrogen) atoms. The van der Waals surface area contributed by atoms with Gasteiger partial charge in [0, 0.05) is 13.5 Å². The van der Waals surface area contributed by atoms with Crippen molar-refractivity contribution in [2.24, 2.45) is 0 Å². The molecule has 1 aliphatic heterocycles. The summed E-state index contributed by atoms with van der Waals surface area (Å²) in [6.07, 6.45) is -7.67. The Morgan fingerprint density at radius 3 is 2.59 bits per heavy atom. The lowest BCUT2D eigenvalue weighted by Gasteiger charge is -2.37.